The summed E-state index contributed by atoms with van der Waals surface area (Å²) < 4.78 is 38.7. The predicted octanol–water partition coefficient (Wildman–Crippen LogP) is 3.61. The summed E-state index contributed by atoms with van der Waals surface area (Å²) in [4.78, 5) is 16.9. The molecule has 8 heteroatoms. The van der Waals surface area contributed by atoms with Gasteiger partial charge in [0, 0.05) is 17.1 Å². The number of benzene rings is 2. The zero-order chi connectivity index (χ0) is 19.8. The maximum Gasteiger partial charge on any atom is 0.257 e. The third kappa shape index (κ3) is 4.40. The van der Waals surface area contributed by atoms with Crippen LogP contribution in [0.15, 0.2) is 42.5 Å². The maximum atomic E-state index is 13.3. The van der Waals surface area contributed by atoms with Crippen LogP contribution in [0.3, 0.4) is 0 Å². The summed E-state index contributed by atoms with van der Waals surface area (Å²) in [7, 11) is -3.43. The van der Waals surface area contributed by atoms with Gasteiger partial charge < -0.3 is 5.32 Å². The SMILES string of the molecule is Cc1ccc(NC(=O)c2cc3ccc(F)cc3nc2C)cc1NS(C)(=O)=O. The minimum Gasteiger partial charge on any atom is -0.322 e. The van der Waals surface area contributed by atoms with Gasteiger partial charge in [-0.05, 0) is 49.7 Å². The minimum atomic E-state index is -3.43. The molecule has 0 fully saturated rings. The molecule has 27 heavy (non-hydrogen) atoms. The van der Waals surface area contributed by atoms with E-state index in [0.29, 0.717) is 33.5 Å². The van der Waals surface area contributed by atoms with Gasteiger partial charge in [0.15, 0.2) is 0 Å². The topological polar surface area (TPSA) is 88.2 Å². The highest BCUT2D eigenvalue weighted by Crippen LogP contribution is 2.23. The number of hydrogen-bond donors (Lipinski definition) is 2. The van der Waals surface area contributed by atoms with Crippen molar-refractivity contribution in [3.05, 3.63) is 65.1 Å². The van der Waals surface area contributed by atoms with E-state index in [4.69, 9.17) is 0 Å². The van der Waals surface area contributed by atoms with Crippen LogP contribution in [0.25, 0.3) is 10.9 Å². The average Bonchev–Trinajstić information content (AvgIpc) is 2.55. The molecule has 1 aromatic heterocycles. The van der Waals surface area contributed by atoms with Gasteiger partial charge in [-0.15, -0.1) is 0 Å². The van der Waals surface area contributed by atoms with Crippen LogP contribution in [0.5, 0.6) is 0 Å². The lowest BCUT2D eigenvalue weighted by atomic mass is 10.1. The van der Waals surface area contributed by atoms with E-state index in [1.807, 2.05) is 0 Å². The van der Waals surface area contributed by atoms with E-state index in [2.05, 4.69) is 15.0 Å². The van der Waals surface area contributed by atoms with Gasteiger partial charge in [-0.3, -0.25) is 14.5 Å². The first kappa shape index (κ1) is 18.8. The Balaban J connectivity index is 1.91. The predicted molar refractivity (Wildman–Crippen MR) is 104 cm³/mol. The van der Waals surface area contributed by atoms with Crippen molar-refractivity contribution in [3.63, 3.8) is 0 Å². The molecule has 3 aromatic rings. The van der Waals surface area contributed by atoms with Crippen LogP contribution < -0.4 is 10.0 Å². The second-order valence-electron chi connectivity index (χ2n) is 6.32. The van der Waals surface area contributed by atoms with Gasteiger partial charge in [0.1, 0.15) is 5.82 Å². The van der Waals surface area contributed by atoms with Crippen molar-refractivity contribution in [2.24, 2.45) is 0 Å². The normalized spacial score (nSPS) is 11.4. The Kier molecular flexibility index (Phi) is 4.84. The first-order valence-corrected chi connectivity index (χ1v) is 9.98. The average molecular weight is 387 g/mol. The Bertz CT molecular complexity index is 1160. The van der Waals surface area contributed by atoms with Crippen molar-refractivity contribution in [3.8, 4) is 0 Å². The lowest BCUT2D eigenvalue weighted by molar-refractivity contribution is 0.102. The number of hydrogen-bond acceptors (Lipinski definition) is 4. The smallest absolute Gasteiger partial charge is 0.257 e. The molecule has 0 aliphatic carbocycles. The molecule has 1 amide bonds. The van der Waals surface area contributed by atoms with E-state index in [1.165, 1.54) is 12.1 Å². The number of fused-ring (bicyclic) bond motifs is 1. The molecular formula is C19H18FN3O3S. The molecule has 0 spiro atoms. The molecule has 1 heterocycles. The highest BCUT2D eigenvalue weighted by Gasteiger charge is 2.14. The molecule has 3 rings (SSSR count). The number of carbonyl (C=O) groups excluding carboxylic acids is 1. The maximum absolute atomic E-state index is 13.3. The highest BCUT2D eigenvalue weighted by molar-refractivity contribution is 7.92. The Morgan fingerprint density at radius 1 is 1.07 bits per heavy atom. The summed E-state index contributed by atoms with van der Waals surface area (Å²) in [6.45, 7) is 3.43. The number of nitrogens with zero attached hydrogens (tertiary/aromatic N) is 1. The number of amides is 1. The van der Waals surface area contributed by atoms with Crippen molar-refractivity contribution in [1.29, 1.82) is 0 Å². The molecule has 2 aromatic carbocycles. The molecule has 0 saturated heterocycles. The fourth-order valence-corrected chi connectivity index (χ4v) is 3.29. The molecule has 6 nitrogen and oxygen atoms in total. The van der Waals surface area contributed by atoms with Crippen LogP contribution in [0.2, 0.25) is 0 Å². The van der Waals surface area contributed by atoms with Crippen molar-refractivity contribution in [2.45, 2.75) is 13.8 Å². The number of aryl methyl sites for hydroxylation is 2. The zero-order valence-electron chi connectivity index (χ0n) is 15.0. The first-order chi connectivity index (χ1) is 12.6. The molecule has 0 radical (unpaired) electrons. The van der Waals surface area contributed by atoms with Gasteiger partial charge in [0.05, 0.1) is 28.7 Å². The largest absolute Gasteiger partial charge is 0.322 e. The number of anilines is 2. The Labute approximate surface area is 156 Å². The van der Waals surface area contributed by atoms with Crippen LogP contribution in [-0.2, 0) is 10.0 Å². The van der Waals surface area contributed by atoms with Gasteiger partial charge >= 0.3 is 0 Å². The van der Waals surface area contributed by atoms with Crippen LogP contribution in [0.4, 0.5) is 15.8 Å². The van der Waals surface area contributed by atoms with Crippen molar-refractivity contribution in [1.82, 2.24) is 4.98 Å². The lowest BCUT2D eigenvalue weighted by Gasteiger charge is -2.12. The third-order valence-corrected chi connectivity index (χ3v) is 4.60. The number of nitrogens with one attached hydrogen (secondary N) is 2. The van der Waals surface area contributed by atoms with Crippen LogP contribution in [-0.4, -0.2) is 25.6 Å². The standard InChI is InChI=1S/C19H18FN3O3S/c1-11-4-7-15(10-17(11)23-27(3,25)26)22-19(24)16-8-13-5-6-14(20)9-18(13)21-12(16)2/h4-10,23H,1-3H3,(H,22,24). The van der Waals surface area contributed by atoms with Crippen molar-refractivity contribution >= 4 is 38.2 Å². The fraction of sp³-hybridized carbons (Fsp3) is 0.158. The number of pyridine rings is 1. The van der Waals surface area contributed by atoms with Crippen molar-refractivity contribution < 1.29 is 17.6 Å². The molecule has 2 N–H and O–H groups in total. The van der Waals surface area contributed by atoms with Gasteiger partial charge in [-0.1, -0.05) is 6.07 Å². The van der Waals surface area contributed by atoms with E-state index >= 15 is 0 Å². The van der Waals surface area contributed by atoms with Crippen LogP contribution in [0.1, 0.15) is 21.6 Å². The van der Waals surface area contributed by atoms with Crippen LogP contribution >= 0.6 is 0 Å². The number of rotatable bonds is 4. The van der Waals surface area contributed by atoms with Crippen LogP contribution in [0, 0.1) is 19.7 Å². The summed E-state index contributed by atoms with van der Waals surface area (Å²) >= 11 is 0. The van der Waals surface area contributed by atoms with Gasteiger partial charge in [0.2, 0.25) is 10.0 Å². The highest BCUT2D eigenvalue weighted by atomic mass is 32.2. The fourth-order valence-electron chi connectivity index (χ4n) is 2.67. The van der Waals surface area contributed by atoms with Crippen molar-refractivity contribution in [2.75, 3.05) is 16.3 Å². The third-order valence-electron chi connectivity index (χ3n) is 4.01. The first-order valence-electron chi connectivity index (χ1n) is 8.09. The van der Waals surface area contributed by atoms with E-state index in [9.17, 15) is 17.6 Å². The molecule has 0 unspecified atom stereocenters. The molecule has 0 bridgehead atoms. The Morgan fingerprint density at radius 2 is 1.81 bits per heavy atom. The number of aromatic nitrogens is 1. The molecule has 140 valence electrons. The Hall–Kier alpha value is -3.00. The summed E-state index contributed by atoms with van der Waals surface area (Å²) in [5.74, 6) is -0.780. The van der Waals surface area contributed by atoms with Gasteiger partial charge in [0.25, 0.3) is 5.91 Å². The molecule has 0 aliphatic rings. The van der Waals surface area contributed by atoms with Gasteiger partial charge in [-0.25, -0.2) is 12.8 Å². The summed E-state index contributed by atoms with van der Waals surface area (Å²) in [5.41, 5.74) is 2.84. The monoisotopic (exact) mass is 387 g/mol. The van der Waals surface area contributed by atoms with E-state index in [-0.39, 0.29) is 5.91 Å². The van der Waals surface area contributed by atoms with E-state index in [1.54, 1.807) is 44.2 Å². The molecular weight excluding hydrogens is 369 g/mol. The Morgan fingerprint density at radius 3 is 2.52 bits per heavy atom. The lowest BCUT2D eigenvalue weighted by Crippen LogP contribution is -2.15. The number of sulfonamides is 1. The minimum absolute atomic E-state index is 0.354. The molecule has 0 saturated carbocycles. The van der Waals surface area contributed by atoms with E-state index in [0.717, 1.165) is 11.8 Å². The summed E-state index contributed by atoms with van der Waals surface area (Å²) in [5, 5.41) is 3.39. The second kappa shape index (κ2) is 6.96. The number of halogens is 1. The molecule has 0 aliphatic heterocycles. The number of carbonyl (C=O) groups is 1. The quantitative estimate of drug-likeness (QED) is 0.716. The summed E-state index contributed by atoms with van der Waals surface area (Å²) in [6, 6.07) is 10.8. The van der Waals surface area contributed by atoms with E-state index < -0.39 is 15.8 Å². The summed E-state index contributed by atoms with van der Waals surface area (Å²) in [6.07, 6.45) is 1.06. The second-order valence-corrected chi connectivity index (χ2v) is 8.06. The molecule has 0 atom stereocenters. The zero-order valence-corrected chi connectivity index (χ0v) is 15.8. The van der Waals surface area contributed by atoms with Gasteiger partial charge in [-0.2, -0.15) is 0 Å².